The van der Waals surface area contributed by atoms with E-state index in [1.54, 1.807) is 0 Å². The van der Waals surface area contributed by atoms with Crippen LogP contribution < -0.4 is 25.8 Å². The largest absolute Gasteiger partial charge is 0.454 e. The maximum Gasteiger partial charge on any atom is 0.231 e. The van der Waals surface area contributed by atoms with Gasteiger partial charge >= 0.3 is 0 Å². The molecule has 0 saturated carbocycles. The highest BCUT2D eigenvalue weighted by Crippen LogP contribution is 2.35. The van der Waals surface area contributed by atoms with Gasteiger partial charge in [0.05, 0.1) is 13.2 Å². The van der Waals surface area contributed by atoms with Crippen molar-refractivity contribution < 1.29 is 14.2 Å². The fourth-order valence-corrected chi connectivity index (χ4v) is 2.91. The molecular formula is C17H22N6O3. The van der Waals surface area contributed by atoms with E-state index in [4.69, 9.17) is 19.9 Å². The van der Waals surface area contributed by atoms with Gasteiger partial charge in [-0.2, -0.15) is 9.97 Å². The van der Waals surface area contributed by atoms with Gasteiger partial charge in [0.1, 0.15) is 11.6 Å². The Bertz CT molecular complexity index is 766. The lowest BCUT2D eigenvalue weighted by atomic mass is 10.3. The molecule has 9 heteroatoms. The zero-order valence-electron chi connectivity index (χ0n) is 14.4. The van der Waals surface area contributed by atoms with E-state index in [0.717, 1.165) is 50.8 Å². The number of hydrogen-bond acceptors (Lipinski definition) is 9. The molecule has 26 heavy (non-hydrogen) atoms. The van der Waals surface area contributed by atoms with Crippen LogP contribution in [0.5, 0.6) is 11.5 Å². The molecule has 0 bridgehead atoms. The van der Waals surface area contributed by atoms with Crippen molar-refractivity contribution in [2.45, 2.75) is 0 Å². The standard InChI is InChI=1S/C17H22N6O3/c18-17-21-15(19-3-4-23-5-7-24-8-6-23)10-16(22-17)20-12-1-2-13-14(9-12)26-11-25-13/h1-2,9-10H,3-8,11H2,(H4,18,19,20,21,22). The van der Waals surface area contributed by atoms with Crippen molar-refractivity contribution in [2.24, 2.45) is 0 Å². The van der Waals surface area contributed by atoms with Crippen LogP contribution in [0.3, 0.4) is 0 Å². The van der Waals surface area contributed by atoms with Gasteiger partial charge in [-0.05, 0) is 12.1 Å². The van der Waals surface area contributed by atoms with Crippen LogP contribution in [0.25, 0.3) is 0 Å². The maximum atomic E-state index is 5.84. The Morgan fingerprint density at radius 2 is 1.85 bits per heavy atom. The van der Waals surface area contributed by atoms with Gasteiger partial charge in [0.2, 0.25) is 12.7 Å². The summed E-state index contributed by atoms with van der Waals surface area (Å²) in [5.74, 6) is 2.97. The van der Waals surface area contributed by atoms with E-state index in [2.05, 4.69) is 25.5 Å². The number of nitrogen functional groups attached to an aromatic ring is 1. The van der Waals surface area contributed by atoms with Gasteiger partial charge in [-0.3, -0.25) is 4.90 Å². The lowest BCUT2D eigenvalue weighted by Crippen LogP contribution is -2.39. The fraction of sp³-hybridized carbons (Fsp3) is 0.412. The van der Waals surface area contributed by atoms with Crippen molar-refractivity contribution in [3.63, 3.8) is 0 Å². The van der Waals surface area contributed by atoms with Gasteiger partial charge in [0, 0.05) is 44.0 Å². The van der Waals surface area contributed by atoms with Gasteiger partial charge in [-0.15, -0.1) is 0 Å². The van der Waals surface area contributed by atoms with Crippen molar-refractivity contribution in [3.8, 4) is 11.5 Å². The van der Waals surface area contributed by atoms with Gasteiger partial charge < -0.3 is 30.6 Å². The Morgan fingerprint density at radius 3 is 2.73 bits per heavy atom. The average molecular weight is 358 g/mol. The highest BCUT2D eigenvalue weighted by molar-refractivity contribution is 5.64. The highest BCUT2D eigenvalue weighted by atomic mass is 16.7. The predicted molar refractivity (Wildman–Crippen MR) is 98.0 cm³/mol. The summed E-state index contributed by atoms with van der Waals surface area (Å²) in [7, 11) is 0. The van der Waals surface area contributed by atoms with Gasteiger partial charge in [0.25, 0.3) is 0 Å². The van der Waals surface area contributed by atoms with Crippen molar-refractivity contribution >= 4 is 23.3 Å². The van der Waals surface area contributed by atoms with Crippen LogP contribution in [-0.4, -0.2) is 61.1 Å². The summed E-state index contributed by atoms with van der Waals surface area (Å²) in [5.41, 5.74) is 6.68. The quantitative estimate of drug-likeness (QED) is 0.704. The number of aromatic nitrogens is 2. The predicted octanol–water partition coefficient (Wildman–Crippen LogP) is 1.28. The summed E-state index contributed by atoms with van der Waals surface area (Å²) in [5, 5.41) is 6.52. The van der Waals surface area contributed by atoms with E-state index >= 15 is 0 Å². The summed E-state index contributed by atoms with van der Waals surface area (Å²) in [6, 6.07) is 7.46. The number of nitrogens with one attached hydrogen (secondary N) is 2. The molecule has 2 aliphatic heterocycles. The van der Waals surface area contributed by atoms with Crippen molar-refractivity contribution in [3.05, 3.63) is 24.3 Å². The molecule has 3 heterocycles. The molecule has 0 spiro atoms. The lowest BCUT2D eigenvalue weighted by Gasteiger charge is -2.26. The Hall–Kier alpha value is -2.78. The highest BCUT2D eigenvalue weighted by Gasteiger charge is 2.14. The first-order chi connectivity index (χ1) is 12.8. The van der Waals surface area contributed by atoms with Crippen LogP contribution in [-0.2, 0) is 4.74 Å². The summed E-state index contributed by atoms with van der Waals surface area (Å²) >= 11 is 0. The third-order valence-corrected chi connectivity index (χ3v) is 4.23. The van der Waals surface area contributed by atoms with Crippen molar-refractivity contribution in [1.29, 1.82) is 0 Å². The van der Waals surface area contributed by atoms with E-state index in [0.29, 0.717) is 17.4 Å². The minimum Gasteiger partial charge on any atom is -0.454 e. The molecular weight excluding hydrogens is 336 g/mol. The van der Waals surface area contributed by atoms with Gasteiger partial charge in [-0.25, -0.2) is 0 Å². The summed E-state index contributed by atoms with van der Waals surface area (Å²) in [4.78, 5) is 10.8. The number of fused-ring (bicyclic) bond motifs is 1. The Labute approximate surface area is 151 Å². The molecule has 2 aromatic rings. The first-order valence-electron chi connectivity index (χ1n) is 8.61. The van der Waals surface area contributed by atoms with Crippen LogP contribution in [0.15, 0.2) is 24.3 Å². The van der Waals surface area contributed by atoms with Crippen molar-refractivity contribution in [2.75, 3.05) is 62.6 Å². The third-order valence-electron chi connectivity index (χ3n) is 4.23. The van der Waals surface area contributed by atoms with Gasteiger partial charge in [0.15, 0.2) is 11.5 Å². The molecule has 0 aliphatic carbocycles. The number of morpholine rings is 1. The zero-order chi connectivity index (χ0) is 17.8. The first-order valence-corrected chi connectivity index (χ1v) is 8.61. The monoisotopic (exact) mass is 358 g/mol. The molecule has 1 aromatic carbocycles. The second kappa shape index (κ2) is 7.63. The van der Waals surface area contributed by atoms with E-state index in [1.807, 2.05) is 24.3 Å². The molecule has 9 nitrogen and oxygen atoms in total. The average Bonchev–Trinajstić information content (AvgIpc) is 3.10. The zero-order valence-corrected chi connectivity index (χ0v) is 14.4. The Kier molecular flexibility index (Phi) is 4.89. The molecule has 1 aromatic heterocycles. The Morgan fingerprint density at radius 1 is 1.04 bits per heavy atom. The van der Waals surface area contributed by atoms with E-state index in [1.165, 1.54) is 0 Å². The van der Waals surface area contributed by atoms with E-state index in [9.17, 15) is 0 Å². The minimum absolute atomic E-state index is 0.213. The topological polar surface area (TPSA) is 107 Å². The van der Waals surface area contributed by atoms with Crippen molar-refractivity contribution in [1.82, 2.24) is 14.9 Å². The summed E-state index contributed by atoms with van der Waals surface area (Å²) in [6.07, 6.45) is 0. The summed E-state index contributed by atoms with van der Waals surface area (Å²) < 4.78 is 16.1. The van der Waals surface area contributed by atoms with Crippen LogP contribution >= 0.6 is 0 Å². The van der Waals surface area contributed by atoms with Gasteiger partial charge in [-0.1, -0.05) is 0 Å². The minimum atomic E-state index is 0.213. The maximum absolute atomic E-state index is 5.84. The smallest absolute Gasteiger partial charge is 0.231 e. The number of hydrogen-bond donors (Lipinski definition) is 3. The molecule has 0 atom stereocenters. The molecule has 0 radical (unpaired) electrons. The normalized spacial score (nSPS) is 16.5. The number of benzene rings is 1. The van der Waals surface area contributed by atoms with E-state index in [-0.39, 0.29) is 12.7 Å². The molecule has 0 unspecified atom stereocenters. The lowest BCUT2D eigenvalue weighted by molar-refractivity contribution is 0.0398. The van der Waals surface area contributed by atoms with E-state index < -0.39 is 0 Å². The molecule has 2 aliphatic rings. The van der Waals surface area contributed by atoms with Crippen LogP contribution in [0, 0.1) is 0 Å². The molecule has 138 valence electrons. The van der Waals surface area contributed by atoms with Crippen LogP contribution in [0.1, 0.15) is 0 Å². The molecule has 4 N–H and O–H groups in total. The molecule has 1 saturated heterocycles. The van der Waals surface area contributed by atoms with Crippen LogP contribution in [0.2, 0.25) is 0 Å². The number of nitrogens with two attached hydrogens (primary N) is 1. The fourth-order valence-electron chi connectivity index (χ4n) is 2.91. The second-order valence-corrected chi connectivity index (χ2v) is 6.07. The molecule has 1 fully saturated rings. The summed E-state index contributed by atoms with van der Waals surface area (Å²) in [6.45, 7) is 5.47. The molecule has 0 amide bonds. The SMILES string of the molecule is Nc1nc(NCCN2CCOCC2)cc(Nc2ccc3c(c2)OCO3)n1. The number of ether oxygens (including phenoxy) is 3. The first kappa shape index (κ1) is 16.7. The number of anilines is 4. The van der Waals surface area contributed by atoms with Crippen LogP contribution in [0.4, 0.5) is 23.3 Å². The molecule has 4 rings (SSSR count). The third kappa shape index (κ3) is 4.06. The Balaban J connectivity index is 1.37. The number of rotatable bonds is 6. The number of nitrogens with zero attached hydrogens (tertiary/aromatic N) is 3. The second-order valence-electron chi connectivity index (χ2n) is 6.07.